The molecule has 2 aromatic rings. The number of carbonyl (C=O) groups excluding carboxylic acids is 2. The van der Waals surface area contributed by atoms with Crippen LogP contribution in [0.25, 0.3) is 0 Å². The average Bonchev–Trinajstić information content (AvgIpc) is 3.04. The van der Waals surface area contributed by atoms with E-state index in [9.17, 15) is 18.0 Å². The quantitative estimate of drug-likeness (QED) is 0.625. The third-order valence-electron chi connectivity index (χ3n) is 3.30. The summed E-state index contributed by atoms with van der Waals surface area (Å²) in [7, 11) is -2.49. The molecule has 0 aliphatic heterocycles. The number of carbonyl (C=O) groups is 2. The van der Waals surface area contributed by atoms with E-state index in [1.807, 2.05) is 0 Å². The molecule has 2 rings (SSSR count). The van der Waals surface area contributed by atoms with E-state index >= 15 is 0 Å². The van der Waals surface area contributed by atoms with Gasteiger partial charge in [0.1, 0.15) is 17.6 Å². The first-order chi connectivity index (χ1) is 12.7. The number of hydrogen-bond acceptors (Lipinski definition) is 8. The van der Waals surface area contributed by atoms with E-state index in [4.69, 9.17) is 14.0 Å². The molecule has 11 heteroatoms. The highest BCUT2D eigenvalue weighted by molar-refractivity contribution is 7.89. The van der Waals surface area contributed by atoms with E-state index in [0.717, 1.165) is 0 Å². The first-order valence-electron chi connectivity index (χ1n) is 7.77. The van der Waals surface area contributed by atoms with Gasteiger partial charge in [0.25, 0.3) is 5.91 Å². The molecule has 0 fully saturated rings. The maximum atomic E-state index is 12.3. The normalized spacial score (nSPS) is 12.3. The fraction of sp³-hybridized carbons (Fsp3) is 0.312. The number of anilines is 1. The lowest BCUT2D eigenvalue weighted by Crippen LogP contribution is -2.40. The number of amides is 1. The molecule has 1 unspecified atom stereocenters. The third kappa shape index (κ3) is 5.79. The summed E-state index contributed by atoms with van der Waals surface area (Å²) in [6.45, 7) is 2.36. The minimum atomic E-state index is -3.94. The molecule has 1 atom stereocenters. The maximum Gasteiger partial charge on any atom is 0.324 e. The van der Waals surface area contributed by atoms with E-state index < -0.39 is 34.5 Å². The van der Waals surface area contributed by atoms with Crippen LogP contribution in [0.15, 0.2) is 39.8 Å². The van der Waals surface area contributed by atoms with Gasteiger partial charge in [0.2, 0.25) is 10.0 Å². The molecule has 1 heterocycles. The highest BCUT2D eigenvalue weighted by Gasteiger charge is 2.24. The molecule has 10 nitrogen and oxygen atoms in total. The standard InChI is InChI=1S/C16H19N3O7S/c1-10-8-14(18-26-10)17-15(20)9-25-16(21)11(2)19-27(22,23)13-6-4-12(24-3)5-7-13/h4-8,11,19H,9H2,1-3H3,(H,17,18,20). The Hall–Kier alpha value is -2.92. The number of sulfonamides is 1. The van der Waals surface area contributed by atoms with Crippen molar-refractivity contribution in [2.75, 3.05) is 19.0 Å². The van der Waals surface area contributed by atoms with E-state index in [2.05, 4.69) is 15.2 Å². The highest BCUT2D eigenvalue weighted by Crippen LogP contribution is 2.15. The van der Waals surface area contributed by atoms with Gasteiger partial charge in [0.15, 0.2) is 12.4 Å². The Morgan fingerprint density at radius 1 is 1.26 bits per heavy atom. The molecule has 1 amide bonds. The van der Waals surface area contributed by atoms with Crippen molar-refractivity contribution in [2.24, 2.45) is 0 Å². The fourth-order valence-electron chi connectivity index (χ4n) is 1.97. The number of aromatic nitrogens is 1. The van der Waals surface area contributed by atoms with E-state index in [-0.39, 0.29) is 10.7 Å². The summed E-state index contributed by atoms with van der Waals surface area (Å²) in [6, 6.07) is 5.94. The van der Waals surface area contributed by atoms with Crippen molar-refractivity contribution in [1.82, 2.24) is 9.88 Å². The van der Waals surface area contributed by atoms with Gasteiger partial charge in [-0.1, -0.05) is 5.16 Å². The zero-order valence-electron chi connectivity index (χ0n) is 14.9. The number of nitrogens with one attached hydrogen (secondary N) is 2. The Labute approximate surface area is 155 Å². The molecule has 0 aliphatic rings. The Morgan fingerprint density at radius 3 is 2.48 bits per heavy atom. The summed E-state index contributed by atoms with van der Waals surface area (Å²) >= 11 is 0. The zero-order valence-corrected chi connectivity index (χ0v) is 15.7. The second-order valence-corrected chi connectivity index (χ2v) is 7.21. The summed E-state index contributed by atoms with van der Waals surface area (Å²) in [5.41, 5.74) is 0. The predicted octanol–water partition coefficient (Wildman–Crippen LogP) is 0.840. The van der Waals surface area contributed by atoms with Crippen molar-refractivity contribution in [3.05, 3.63) is 36.1 Å². The second kappa shape index (κ2) is 8.64. The monoisotopic (exact) mass is 397 g/mol. The average molecular weight is 397 g/mol. The van der Waals surface area contributed by atoms with Crippen molar-refractivity contribution in [1.29, 1.82) is 0 Å². The number of benzene rings is 1. The van der Waals surface area contributed by atoms with E-state index in [0.29, 0.717) is 11.5 Å². The van der Waals surface area contributed by atoms with Crippen LogP contribution in [0.2, 0.25) is 0 Å². The van der Waals surface area contributed by atoms with Gasteiger partial charge in [0, 0.05) is 6.07 Å². The molecule has 0 aliphatic carbocycles. The van der Waals surface area contributed by atoms with Crippen LogP contribution >= 0.6 is 0 Å². The molecule has 0 spiro atoms. The Balaban J connectivity index is 1.87. The summed E-state index contributed by atoms with van der Waals surface area (Å²) in [5, 5.41) is 5.93. The maximum absolute atomic E-state index is 12.3. The molecule has 1 aromatic carbocycles. The first kappa shape index (κ1) is 20.4. The highest BCUT2D eigenvalue weighted by atomic mass is 32.2. The van der Waals surface area contributed by atoms with Gasteiger partial charge in [-0.3, -0.25) is 9.59 Å². The van der Waals surface area contributed by atoms with E-state index in [1.54, 1.807) is 6.92 Å². The summed E-state index contributed by atoms with van der Waals surface area (Å²) in [5.74, 6) is -0.360. The lowest BCUT2D eigenvalue weighted by molar-refractivity contribution is -0.148. The number of esters is 1. The first-order valence-corrected chi connectivity index (χ1v) is 9.26. The van der Waals surface area contributed by atoms with Gasteiger partial charge < -0.3 is 19.3 Å². The van der Waals surface area contributed by atoms with Gasteiger partial charge >= 0.3 is 5.97 Å². The smallest absolute Gasteiger partial charge is 0.324 e. The zero-order chi connectivity index (χ0) is 20.0. The molecule has 0 saturated carbocycles. The number of methoxy groups -OCH3 is 1. The summed E-state index contributed by atoms with van der Waals surface area (Å²) in [4.78, 5) is 23.6. The van der Waals surface area contributed by atoms with Crippen molar-refractivity contribution >= 4 is 27.7 Å². The summed E-state index contributed by atoms with van der Waals surface area (Å²) in [6.07, 6.45) is 0. The molecule has 2 N–H and O–H groups in total. The minimum absolute atomic E-state index is 0.0397. The van der Waals surface area contributed by atoms with Gasteiger partial charge in [-0.05, 0) is 38.1 Å². The number of nitrogens with zero attached hydrogens (tertiary/aromatic N) is 1. The Kier molecular flexibility index (Phi) is 6.53. The van der Waals surface area contributed by atoms with Gasteiger partial charge in [-0.2, -0.15) is 4.72 Å². The molecule has 0 saturated heterocycles. The van der Waals surface area contributed by atoms with E-state index in [1.165, 1.54) is 44.4 Å². The molecule has 146 valence electrons. The molecule has 1 aromatic heterocycles. The van der Waals surface area contributed by atoms with Crippen molar-refractivity contribution in [2.45, 2.75) is 24.8 Å². The molecular formula is C16H19N3O7S. The topological polar surface area (TPSA) is 137 Å². The van der Waals surface area contributed by atoms with Crippen molar-refractivity contribution in [3.8, 4) is 5.75 Å². The van der Waals surface area contributed by atoms with Crippen LogP contribution in [-0.4, -0.2) is 45.2 Å². The number of hydrogen-bond donors (Lipinski definition) is 2. The predicted molar refractivity (Wildman–Crippen MR) is 93.6 cm³/mol. The van der Waals surface area contributed by atoms with Crippen LogP contribution in [0, 0.1) is 6.92 Å². The fourth-order valence-corrected chi connectivity index (χ4v) is 3.16. The lowest BCUT2D eigenvalue weighted by atomic mass is 10.3. The SMILES string of the molecule is COc1ccc(S(=O)(=O)NC(C)C(=O)OCC(=O)Nc2cc(C)on2)cc1. The van der Waals surface area contributed by atoms with Gasteiger partial charge in [0.05, 0.1) is 12.0 Å². The Morgan fingerprint density at radius 2 is 1.93 bits per heavy atom. The minimum Gasteiger partial charge on any atom is -0.497 e. The molecule has 0 bridgehead atoms. The second-order valence-electron chi connectivity index (χ2n) is 5.50. The lowest BCUT2D eigenvalue weighted by Gasteiger charge is -2.13. The number of rotatable bonds is 8. The van der Waals surface area contributed by atoms with Gasteiger partial charge in [-0.15, -0.1) is 0 Å². The third-order valence-corrected chi connectivity index (χ3v) is 4.85. The van der Waals surface area contributed by atoms with Crippen LogP contribution in [0.4, 0.5) is 5.82 Å². The summed E-state index contributed by atoms with van der Waals surface area (Å²) < 4.78 is 41.3. The van der Waals surface area contributed by atoms with Crippen molar-refractivity contribution in [3.63, 3.8) is 0 Å². The van der Waals surface area contributed by atoms with Crippen LogP contribution in [0.1, 0.15) is 12.7 Å². The van der Waals surface area contributed by atoms with Crippen LogP contribution in [0.3, 0.4) is 0 Å². The largest absolute Gasteiger partial charge is 0.497 e. The number of ether oxygens (including phenoxy) is 2. The molecule has 27 heavy (non-hydrogen) atoms. The molecular weight excluding hydrogens is 378 g/mol. The van der Waals surface area contributed by atoms with Crippen LogP contribution in [-0.2, 0) is 24.3 Å². The number of aryl methyl sites for hydroxylation is 1. The van der Waals surface area contributed by atoms with Crippen LogP contribution in [0.5, 0.6) is 5.75 Å². The van der Waals surface area contributed by atoms with Gasteiger partial charge in [-0.25, -0.2) is 8.42 Å². The van der Waals surface area contributed by atoms with Crippen molar-refractivity contribution < 1.29 is 32.0 Å². The Bertz CT molecular complexity index is 906. The molecule has 0 radical (unpaired) electrons. The van der Waals surface area contributed by atoms with Crippen LogP contribution < -0.4 is 14.8 Å².